The molecule has 1 unspecified atom stereocenters. The quantitative estimate of drug-likeness (QED) is 0.705. The molecule has 2 saturated carbocycles. The van der Waals surface area contributed by atoms with Gasteiger partial charge >= 0.3 is 11.9 Å². The fourth-order valence-corrected chi connectivity index (χ4v) is 3.51. The normalized spacial score (nSPS) is 34.2. The molecule has 0 heterocycles. The number of ether oxygens (including phenoxy) is 2. The van der Waals surface area contributed by atoms with Gasteiger partial charge in [0.15, 0.2) is 0 Å². The Hall–Kier alpha value is -1.39. The summed E-state index contributed by atoms with van der Waals surface area (Å²) in [7, 11) is 2.65. The zero-order chi connectivity index (χ0) is 13.3. The smallest absolute Gasteiger partial charge is 0.312 e. The van der Waals surface area contributed by atoms with E-state index in [0.29, 0.717) is 25.7 Å². The molecule has 2 aliphatic carbocycles. The van der Waals surface area contributed by atoms with Crippen LogP contribution in [-0.2, 0) is 23.9 Å². The van der Waals surface area contributed by atoms with Crippen molar-refractivity contribution in [1.29, 1.82) is 0 Å². The molecule has 0 spiro atoms. The fraction of sp³-hybridized carbons (Fsp3) is 0.769. The van der Waals surface area contributed by atoms with Crippen molar-refractivity contribution in [3.8, 4) is 0 Å². The zero-order valence-corrected chi connectivity index (χ0v) is 10.7. The van der Waals surface area contributed by atoms with Gasteiger partial charge in [-0.1, -0.05) is 0 Å². The highest BCUT2D eigenvalue weighted by molar-refractivity contribution is 5.86. The molecule has 18 heavy (non-hydrogen) atoms. The van der Waals surface area contributed by atoms with Gasteiger partial charge in [-0.15, -0.1) is 0 Å². The molecule has 5 nitrogen and oxygen atoms in total. The molecule has 0 radical (unpaired) electrons. The van der Waals surface area contributed by atoms with Gasteiger partial charge in [0.25, 0.3) is 0 Å². The maximum Gasteiger partial charge on any atom is 0.312 e. The average Bonchev–Trinajstić information content (AvgIpc) is 2.82. The van der Waals surface area contributed by atoms with Crippen LogP contribution < -0.4 is 0 Å². The first kappa shape index (κ1) is 13.1. The minimum Gasteiger partial charge on any atom is -0.469 e. The molecule has 0 bridgehead atoms. The van der Waals surface area contributed by atoms with E-state index in [2.05, 4.69) is 4.74 Å². The number of rotatable bonds is 3. The Morgan fingerprint density at radius 1 is 1.17 bits per heavy atom. The van der Waals surface area contributed by atoms with Crippen LogP contribution >= 0.6 is 0 Å². The highest BCUT2D eigenvalue weighted by Crippen LogP contribution is 2.54. The molecule has 0 N–H and O–H groups in total. The van der Waals surface area contributed by atoms with Crippen molar-refractivity contribution in [2.24, 2.45) is 17.3 Å². The van der Waals surface area contributed by atoms with Crippen LogP contribution in [0.3, 0.4) is 0 Å². The number of fused-ring (bicyclic) bond motifs is 1. The van der Waals surface area contributed by atoms with E-state index in [-0.39, 0.29) is 30.0 Å². The summed E-state index contributed by atoms with van der Waals surface area (Å²) in [6.07, 6.45) is 2.24. The van der Waals surface area contributed by atoms with Gasteiger partial charge in [-0.25, -0.2) is 0 Å². The topological polar surface area (TPSA) is 69.7 Å². The molecular weight excluding hydrogens is 236 g/mol. The Labute approximate surface area is 106 Å². The van der Waals surface area contributed by atoms with Crippen LogP contribution in [0.1, 0.15) is 32.1 Å². The number of hydrogen-bond donors (Lipinski definition) is 0. The third-order valence-corrected chi connectivity index (χ3v) is 4.28. The number of carbonyl (C=O) groups is 3. The lowest BCUT2D eigenvalue weighted by molar-refractivity contribution is -0.159. The van der Waals surface area contributed by atoms with E-state index >= 15 is 0 Å². The number of carbonyl (C=O) groups excluding carboxylic acids is 3. The van der Waals surface area contributed by atoms with Gasteiger partial charge in [-0.3, -0.25) is 14.4 Å². The molecule has 2 fully saturated rings. The molecule has 3 atom stereocenters. The van der Waals surface area contributed by atoms with Gasteiger partial charge in [0.2, 0.25) is 0 Å². The Balaban J connectivity index is 2.16. The average molecular weight is 254 g/mol. The summed E-state index contributed by atoms with van der Waals surface area (Å²) in [6.45, 7) is 0. The van der Waals surface area contributed by atoms with E-state index in [0.717, 1.165) is 0 Å². The van der Waals surface area contributed by atoms with Crippen LogP contribution in [0.4, 0.5) is 0 Å². The van der Waals surface area contributed by atoms with E-state index in [1.807, 2.05) is 0 Å². The van der Waals surface area contributed by atoms with Crippen molar-refractivity contribution in [3.63, 3.8) is 0 Å². The van der Waals surface area contributed by atoms with E-state index in [4.69, 9.17) is 4.74 Å². The van der Waals surface area contributed by atoms with Crippen molar-refractivity contribution >= 4 is 17.7 Å². The van der Waals surface area contributed by atoms with Crippen molar-refractivity contribution in [3.05, 3.63) is 0 Å². The molecule has 0 amide bonds. The number of esters is 2. The van der Waals surface area contributed by atoms with Gasteiger partial charge in [0, 0.05) is 12.8 Å². The molecule has 0 aromatic carbocycles. The predicted octanol–water partition coefficient (Wildman–Crippen LogP) is 1.10. The second-order valence-corrected chi connectivity index (χ2v) is 5.40. The molecular formula is C13H18O5. The Bertz CT molecular complexity index is 371. The van der Waals surface area contributed by atoms with Crippen LogP contribution in [0.2, 0.25) is 0 Å². The van der Waals surface area contributed by atoms with E-state index in [1.165, 1.54) is 14.2 Å². The Morgan fingerprint density at radius 3 is 2.17 bits per heavy atom. The third-order valence-electron chi connectivity index (χ3n) is 4.28. The summed E-state index contributed by atoms with van der Waals surface area (Å²) in [5, 5.41) is 0. The summed E-state index contributed by atoms with van der Waals surface area (Å²) in [5.74, 6) is -0.0366. The number of methoxy groups -OCH3 is 2. The Morgan fingerprint density at radius 2 is 1.72 bits per heavy atom. The highest BCUT2D eigenvalue weighted by atomic mass is 16.5. The van der Waals surface area contributed by atoms with Crippen LogP contribution in [0.25, 0.3) is 0 Å². The molecule has 0 aromatic rings. The van der Waals surface area contributed by atoms with E-state index in [1.54, 1.807) is 0 Å². The first-order valence-corrected chi connectivity index (χ1v) is 6.17. The maximum atomic E-state index is 12.0. The second-order valence-electron chi connectivity index (χ2n) is 5.40. The lowest BCUT2D eigenvalue weighted by Gasteiger charge is -2.25. The third kappa shape index (κ3) is 2.13. The molecule has 0 saturated heterocycles. The lowest BCUT2D eigenvalue weighted by atomic mass is 9.80. The molecule has 0 aliphatic heterocycles. The number of ketones is 1. The first-order valence-electron chi connectivity index (χ1n) is 6.17. The van der Waals surface area contributed by atoms with Crippen LogP contribution in [0.15, 0.2) is 0 Å². The first-order chi connectivity index (χ1) is 8.50. The maximum absolute atomic E-state index is 12.0. The van der Waals surface area contributed by atoms with Gasteiger partial charge in [0.05, 0.1) is 26.1 Å². The summed E-state index contributed by atoms with van der Waals surface area (Å²) in [6, 6.07) is 0. The van der Waals surface area contributed by atoms with Gasteiger partial charge in [-0.05, 0) is 24.7 Å². The van der Waals surface area contributed by atoms with E-state index in [9.17, 15) is 14.4 Å². The van der Waals surface area contributed by atoms with Crippen LogP contribution in [0, 0.1) is 17.3 Å². The second kappa shape index (κ2) is 4.71. The van der Waals surface area contributed by atoms with Gasteiger partial charge < -0.3 is 9.47 Å². The Kier molecular flexibility index (Phi) is 3.41. The molecule has 2 aliphatic rings. The lowest BCUT2D eigenvalue weighted by Crippen LogP contribution is -2.33. The van der Waals surface area contributed by atoms with Crippen molar-refractivity contribution in [2.45, 2.75) is 32.1 Å². The highest BCUT2D eigenvalue weighted by Gasteiger charge is 2.54. The van der Waals surface area contributed by atoms with Gasteiger partial charge in [0.1, 0.15) is 5.78 Å². The SMILES string of the molecule is COC(=O)CC1(C(=O)OC)C[C@H]2CC(=O)C[C@H]2C1. The summed E-state index contributed by atoms with van der Waals surface area (Å²) < 4.78 is 9.50. The minimum absolute atomic E-state index is 0.0529. The fourth-order valence-electron chi connectivity index (χ4n) is 3.51. The molecule has 100 valence electrons. The molecule has 2 rings (SSSR count). The van der Waals surface area contributed by atoms with Crippen molar-refractivity contribution in [2.75, 3.05) is 14.2 Å². The minimum atomic E-state index is -0.780. The monoisotopic (exact) mass is 254 g/mol. The summed E-state index contributed by atoms with van der Waals surface area (Å²) >= 11 is 0. The summed E-state index contributed by atoms with van der Waals surface area (Å²) in [5.41, 5.74) is -0.780. The zero-order valence-electron chi connectivity index (χ0n) is 10.7. The largest absolute Gasteiger partial charge is 0.469 e. The molecule has 5 heteroatoms. The van der Waals surface area contributed by atoms with Crippen LogP contribution in [-0.4, -0.2) is 31.9 Å². The van der Waals surface area contributed by atoms with E-state index < -0.39 is 11.4 Å². The standard InChI is InChI=1S/C13H18O5/c1-17-11(15)7-13(12(16)18-2)5-8-3-10(14)4-9(8)6-13/h8-9H,3-7H2,1-2H3/t8-,9+,13?. The number of hydrogen-bond acceptors (Lipinski definition) is 5. The van der Waals surface area contributed by atoms with Crippen molar-refractivity contribution in [1.82, 2.24) is 0 Å². The number of Topliss-reactive ketones (excluding diaryl/α,β-unsaturated/α-hetero) is 1. The summed E-state index contributed by atoms with van der Waals surface area (Å²) in [4.78, 5) is 34.8. The van der Waals surface area contributed by atoms with Gasteiger partial charge in [-0.2, -0.15) is 0 Å². The van der Waals surface area contributed by atoms with Crippen LogP contribution in [0.5, 0.6) is 0 Å². The van der Waals surface area contributed by atoms with Crippen molar-refractivity contribution < 1.29 is 23.9 Å². The molecule has 0 aromatic heterocycles. The predicted molar refractivity (Wildman–Crippen MR) is 61.5 cm³/mol.